The summed E-state index contributed by atoms with van der Waals surface area (Å²) in [5.74, 6) is -0.857. The zero-order chi connectivity index (χ0) is 13.5. The molecule has 0 spiro atoms. The summed E-state index contributed by atoms with van der Waals surface area (Å²) in [6.07, 6.45) is 0.470. The number of amides is 2. The third-order valence-electron chi connectivity index (χ3n) is 2.42. The number of carbonyl (C=O) groups excluding carboxylic acids is 1. The molecular formula is C11H17N3O3S. The minimum absolute atomic E-state index is 0.0510. The Hall–Kier alpha value is -1.63. The lowest BCUT2D eigenvalue weighted by Gasteiger charge is -2.13. The maximum Gasteiger partial charge on any atom is 0.315 e. The molecule has 0 saturated heterocycles. The summed E-state index contributed by atoms with van der Waals surface area (Å²) in [6, 6.07) is -0.454. The fourth-order valence-corrected chi connectivity index (χ4v) is 2.06. The van der Waals surface area contributed by atoms with Crippen LogP contribution in [-0.4, -0.2) is 28.1 Å². The van der Waals surface area contributed by atoms with Gasteiger partial charge in [0.1, 0.15) is 0 Å². The number of urea groups is 1. The molecule has 0 aliphatic carbocycles. The van der Waals surface area contributed by atoms with E-state index < -0.39 is 5.97 Å². The van der Waals surface area contributed by atoms with Crippen molar-refractivity contribution in [3.63, 3.8) is 0 Å². The lowest BCUT2D eigenvalue weighted by Crippen LogP contribution is -2.40. The van der Waals surface area contributed by atoms with Crippen molar-refractivity contribution in [2.45, 2.75) is 39.3 Å². The highest BCUT2D eigenvalue weighted by molar-refractivity contribution is 7.09. The van der Waals surface area contributed by atoms with Crippen LogP contribution in [0, 0.1) is 6.92 Å². The second-order valence-corrected chi connectivity index (χ2v) is 4.96. The van der Waals surface area contributed by atoms with E-state index >= 15 is 0 Å². The Kier molecular flexibility index (Phi) is 5.57. The predicted molar refractivity (Wildman–Crippen MR) is 68.6 cm³/mol. The molecule has 1 aromatic heterocycles. The molecule has 0 fully saturated rings. The summed E-state index contributed by atoms with van der Waals surface area (Å²) in [6.45, 7) is 4.11. The molecule has 1 rings (SSSR count). The first-order valence-electron chi connectivity index (χ1n) is 5.64. The van der Waals surface area contributed by atoms with Crippen molar-refractivity contribution in [2.75, 3.05) is 0 Å². The Bertz CT molecular complexity index is 419. The molecule has 0 aromatic carbocycles. The van der Waals surface area contributed by atoms with Crippen LogP contribution in [0.4, 0.5) is 4.79 Å². The molecule has 1 atom stereocenters. The minimum atomic E-state index is -0.857. The first-order valence-corrected chi connectivity index (χ1v) is 6.52. The van der Waals surface area contributed by atoms with Crippen LogP contribution in [0.2, 0.25) is 0 Å². The number of aliphatic carboxylic acids is 1. The number of aromatic nitrogens is 1. The average Bonchev–Trinajstić information content (AvgIpc) is 2.69. The van der Waals surface area contributed by atoms with Crippen molar-refractivity contribution >= 4 is 23.3 Å². The number of carboxylic acids is 1. The van der Waals surface area contributed by atoms with E-state index in [4.69, 9.17) is 5.11 Å². The van der Waals surface area contributed by atoms with Gasteiger partial charge in [-0.3, -0.25) is 4.79 Å². The van der Waals surface area contributed by atoms with E-state index in [2.05, 4.69) is 15.6 Å². The van der Waals surface area contributed by atoms with Crippen molar-refractivity contribution in [1.82, 2.24) is 15.6 Å². The molecule has 0 aliphatic heterocycles. The van der Waals surface area contributed by atoms with Gasteiger partial charge < -0.3 is 15.7 Å². The number of rotatable bonds is 6. The molecule has 7 heteroatoms. The summed E-state index contributed by atoms with van der Waals surface area (Å²) < 4.78 is 0. The van der Waals surface area contributed by atoms with Gasteiger partial charge in [0.25, 0.3) is 0 Å². The van der Waals surface area contributed by atoms with Gasteiger partial charge in [-0.15, -0.1) is 11.3 Å². The number of nitrogens with zero attached hydrogens (tertiary/aromatic N) is 1. The van der Waals surface area contributed by atoms with Gasteiger partial charge in [0.05, 0.1) is 17.7 Å². The molecular weight excluding hydrogens is 254 g/mol. The smallest absolute Gasteiger partial charge is 0.315 e. The number of aryl methyl sites for hydroxylation is 1. The van der Waals surface area contributed by atoms with Crippen LogP contribution in [0.15, 0.2) is 5.51 Å². The number of carboxylic acid groups (broad SMARTS) is 1. The predicted octanol–water partition coefficient (Wildman–Crippen LogP) is 1.50. The van der Waals surface area contributed by atoms with Gasteiger partial charge in [0, 0.05) is 17.3 Å². The van der Waals surface area contributed by atoms with Crippen molar-refractivity contribution in [3.8, 4) is 0 Å². The van der Waals surface area contributed by atoms with Crippen molar-refractivity contribution in [2.24, 2.45) is 0 Å². The fourth-order valence-electron chi connectivity index (χ4n) is 1.34. The van der Waals surface area contributed by atoms with Crippen LogP contribution in [-0.2, 0) is 11.3 Å². The van der Waals surface area contributed by atoms with Crippen molar-refractivity contribution in [3.05, 3.63) is 16.1 Å². The summed E-state index contributed by atoms with van der Waals surface area (Å²) in [7, 11) is 0. The molecule has 0 bridgehead atoms. The van der Waals surface area contributed by atoms with Gasteiger partial charge in [0.15, 0.2) is 0 Å². The van der Waals surface area contributed by atoms with Gasteiger partial charge in [0.2, 0.25) is 0 Å². The Balaban J connectivity index is 2.25. The molecule has 6 nitrogen and oxygen atoms in total. The molecule has 0 radical (unpaired) electrons. The number of thiazole rings is 1. The highest BCUT2D eigenvalue weighted by Gasteiger charge is 2.09. The zero-order valence-corrected chi connectivity index (χ0v) is 11.2. The number of nitrogens with one attached hydrogen (secondary N) is 2. The minimum Gasteiger partial charge on any atom is -0.481 e. The van der Waals surface area contributed by atoms with Crippen LogP contribution in [0.3, 0.4) is 0 Å². The average molecular weight is 271 g/mol. The highest BCUT2D eigenvalue weighted by atomic mass is 32.1. The summed E-state index contributed by atoms with van der Waals surface area (Å²) in [4.78, 5) is 27.0. The number of hydrogen-bond acceptors (Lipinski definition) is 4. The van der Waals surface area contributed by atoms with E-state index in [9.17, 15) is 9.59 Å². The van der Waals surface area contributed by atoms with Crippen LogP contribution >= 0.6 is 11.3 Å². The highest BCUT2D eigenvalue weighted by Crippen LogP contribution is 2.10. The second-order valence-electron chi connectivity index (χ2n) is 4.02. The second kappa shape index (κ2) is 6.95. The van der Waals surface area contributed by atoms with Gasteiger partial charge >= 0.3 is 12.0 Å². The lowest BCUT2D eigenvalue weighted by atomic mass is 10.2. The van der Waals surface area contributed by atoms with Crippen molar-refractivity contribution < 1.29 is 14.7 Å². The maximum atomic E-state index is 11.5. The van der Waals surface area contributed by atoms with Crippen LogP contribution < -0.4 is 10.6 Å². The molecule has 2 amide bonds. The Morgan fingerprint density at radius 3 is 2.83 bits per heavy atom. The third kappa shape index (κ3) is 5.13. The molecule has 0 aliphatic rings. The number of carbonyl (C=O) groups is 2. The van der Waals surface area contributed by atoms with E-state index in [-0.39, 0.29) is 18.5 Å². The monoisotopic (exact) mass is 271 g/mol. The fraction of sp³-hybridized carbons (Fsp3) is 0.545. The van der Waals surface area contributed by atoms with Gasteiger partial charge in [-0.05, 0) is 20.3 Å². The Labute approximate surface area is 109 Å². The summed E-state index contributed by atoms with van der Waals surface area (Å²) in [5.41, 5.74) is 2.65. The summed E-state index contributed by atoms with van der Waals surface area (Å²) >= 11 is 1.49. The number of hydrogen-bond donors (Lipinski definition) is 3. The first-order chi connectivity index (χ1) is 8.49. The lowest BCUT2D eigenvalue weighted by molar-refractivity contribution is -0.137. The standard InChI is InChI=1S/C11H17N3O3S/c1-7(3-4-10(15)16)14-11(17)12-5-9-8(2)13-6-18-9/h6-7H,3-5H2,1-2H3,(H,15,16)(H2,12,14,17). The normalized spacial score (nSPS) is 11.9. The molecule has 1 heterocycles. The molecule has 1 aromatic rings. The van der Waals surface area contributed by atoms with E-state index in [1.54, 1.807) is 12.4 Å². The maximum absolute atomic E-state index is 11.5. The van der Waals surface area contributed by atoms with E-state index in [1.165, 1.54) is 11.3 Å². The van der Waals surface area contributed by atoms with Crippen molar-refractivity contribution in [1.29, 1.82) is 0 Å². The van der Waals surface area contributed by atoms with E-state index in [1.807, 2.05) is 6.92 Å². The molecule has 0 saturated carbocycles. The SMILES string of the molecule is Cc1ncsc1CNC(=O)NC(C)CCC(=O)O. The third-order valence-corrected chi connectivity index (χ3v) is 3.36. The van der Waals surface area contributed by atoms with Gasteiger partial charge in [-0.2, -0.15) is 0 Å². The van der Waals surface area contributed by atoms with Crippen LogP contribution in [0.5, 0.6) is 0 Å². The Morgan fingerprint density at radius 1 is 1.56 bits per heavy atom. The van der Waals surface area contributed by atoms with Gasteiger partial charge in [-0.25, -0.2) is 9.78 Å². The van der Waals surface area contributed by atoms with Gasteiger partial charge in [-0.1, -0.05) is 0 Å². The van der Waals surface area contributed by atoms with Crippen LogP contribution in [0.25, 0.3) is 0 Å². The summed E-state index contributed by atoms with van der Waals surface area (Å²) in [5, 5.41) is 13.9. The first kappa shape index (κ1) is 14.4. The zero-order valence-electron chi connectivity index (χ0n) is 10.4. The molecule has 1 unspecified atom stereocenters. The largest absolute Gasteiger partial charge is 0.481 e. The Morgan fingerprint density at radius 2 is 2.28 bits per heavy atom. The topological polar surface area (TPSA) is 91.3 Å². The quantitative estimate of drug-likeness (QED) is 0.731. The van der Waals surface area contributed by atoms with E-state index in [0.717, 1.165) is 10.6 Å². The molecule has 100 valence electrons. The molecule has 3 N–H and O–H groups in total. The van der Waals surface area contributed by atoms with E-state index in [0.29, 0.717) is 13.0 Å². The van der Waals surface area contributed by atoms with Crippen LogP contribution in [0.1, 0.15) is 30.3 Å². The molecule has 18 heavy (non-hydrogen) atoms.